The van der Waals surface area contributed by atoms with E-state index < -0.39 is 38.9 Å². The number of fused-ring (bicyclic) bond motifs is 1. The third-order valence-corrected chi connectivity index (χ3v) is 5.86. The summed E-state index contributed by atoms with van der Waals surface area (Å²) in [5, 5.41) is 3.09. The molecule has 0 radical (unpaired) electrons. The number of oxime groups is 1. The predicted octanol–water partition coefficient (Wildman–Crippen LogP) is 4.42. The molecule has 0 saturated heterocycles. The molecule has 0 atom stereocenters. The molecule has 0 spiro atoms. The molecular formula is C22H20F3NO6S. The average Bonchev–Trinajstić information content (AvgIpc) is 2.74. The zero-order valence-corrected chi connectivity index (χ0v) is 18.5. The molecule has 3 aromatic rings. The van der Waals surface area contributed by atoms with E-state index in [2.05, 4.69) is 9.44 Å². The SMILES string of the molecule is CCCS(=O)(=O)O/N=C(\c1c(Cc2ccccc2)c2ccc(OC)cc2oc1=O)C(F)(F)F. The second-order valence-electron chi connectivity index (χ2n) is 7.04. The van der Waals surface area contributed by atoms with Crippen molar-refractivity contribution in [2.45, 2.75) is 25.9 Å². The number of rotatable bonds is 8. The minimum Gasteiger partial charge on any atom is -0.497 e. The molecule has 33 heavy (non-hydrogen) atoms. The Bertz CT molecular complexity index is 1330. The number of hydrogen-bond donors (Lipinski definition) is 0. The fourth-order valence-electron chi connectivity index (χ4n) is 3.22. The lowest BCUT2D eigenvalue weighted by molar-refractivity contribution is -0.0598. The molecule has 3 rings (SSSR count). The topological polar surface area (TPSA) is 95.2 Å². The van der Waals surface area contributed by atoms with Crippen LogP contribution in [-0.2, 0) is 20.8 Å². The summed E-state index contributed by atoms with van der Waals surface area (Å²) in [5.41, 5.74) is -3.47. The third kappa shape index (κ3) is 5.72. The zero-order valence-electron chi connectivity index (χ0n) is 17.7. The molecule has 176 valence electrons. The molecule has 0 aliphatic carbocycles. The Morgan fingerprint density at radius 3 is 2.42 bits per heavy atom. The van der Waals surface area contributed by atoms with Crippen LogP contribution in [0.3, 0.4) is 0 Å². The quantitative estimate of drug-likeness (QED) is 0.268. The van der Waals surface area contributed by atoms with Crippen LogP contribution in [0, 0.1) is 0 Å². The van der Waals surface area contributed by atoms with Gasteiger partial charge in [0.2, 0.25) is 0 Å². The Labute approximate surface area is 187 Å². The van der Waals surface area contributed by atoms with Crippen molar-refractivity contribution in [1.29, 1.82) is 0 Å². The molecule has 0 aliphatic heterocycles. The second kappa shape index (κ2) is 9.65. The van der Waals surface area contributed by atoms with Crippen LogP contribution in [0.25, 0.3) is 11.0 Å². The van der Waals surface area contributed by atoms with E-state index in [0.717, 1.165) is 0 Å². The van der Waals surface area contributed by atoms with E-state index in [1.54, 1.807) is 30.3 Å². The second-order valence-corrected chi connectivity index (χ2v) is 8.71. The van der Waals surface area contributed by atoms with Crippen LogP contribution in [0.1, 0.15) is 30.0 Å². The molecule has 0 N–H and O–H groups in total. The van der Waals surface area contributed by atoms with Gasteiger partial charge in [-0.25, -0.2) is 4.79 Å². The van der Waals surface area contributed by atoms with E-state index in [4.69, 9.17) is 9.15 Å². The first-order chi connectivity index (χ1) is 15.6. The minimum atomic E-state index is -5.21. The average molecular weight is 483 g/mol. The van der Waals surface area contributed by atoms with Gasteiger partial charge in [-0.2, -0.15) is 21.6 Å². The van der Waals surface area contributed by atoms with Crippen molar-refractivity contribution in [3.63, 3.8) is 0 Å². The maximum Gasteiger partial charge on any atom is 0.437 e. The Balaban J connectivity index is 2.31. The molecular weight excluding hydrogens is 463 g/mol. The molecule has 11 heteroatoms. The van der Waals surface area contributed by atoms with E-state index in [-0.39, 0.29) is 29.4 Å². The van der Waals surface area contributed by atoms with Crippen LogP contribution < -0.4 is 10.4 Å². The van der Waals surface area contributed by atoms with E-state index in [0.29, 0.717) is 11.3 Å². The van der Waals surface area contributed by atoms with Gasteiger partial charge in [-0.1, -0.05) is 42.4 Å². The summed E-state index contributed by atoms with van der Waals surface area (Å²) in [6, 6.07) is 12.8. The van der Waals surface area contributed by atoms with Gasteiger partial charge in [0.25, 0.3) is 0 Å². The van der Waals surface area contributed by atoms with Gasteiger partial charge >= 0.3 is 21.9 Å². The van der Waals surface area contributed by atoms with Crippen LogP contribution in [-0.4, -0.2) is 33.2 Å². The molecule has 0 aliphatic rings. The van der Waals surface area contributed by atoms with Gasteiger partial charge in [0.05, 0.1) is 18.4 Å². The third-order valence-electron chi connectivity index (χ3n) is 4.65. The van der Waals surface area contributed by atoms with Gasteiger partial charge < -0.3 is 9.15 Å². The van der Waals surface area contributed by atoms with E-state index in [9.17, 15) is 26.4 Å². The van der Waals surface area contributed by atoms with Crippen LogP contribution >= 0.6 is 0 Å². The van der Waals surface area contributed by atoms with Crippen molar-refractivity contribution >= 4 is 26.8 Å². The molecule has 0 unspecified atom stereocenters. The summed E-state index contributed by atoms with van der Waals surface area (Å²) in [6.07, 6.45) is -5.18. The first kappa shape index (κ1) is 24.3. The number of methoxy groups -OCH3 is 1. The standard InChI is InChI=1S/C22H20F3NO6S/c1-3-11-33(28,29)32-26-20(22(23,24)25)19-17(12-14-7-5-4-6-8-14)16-10-9-15(30-2)13-18(16)31-21(19)27/h4-10,13H,3,11-12H2,1-2H3/b26-20+. The van der Waals surface area contributed by atoms with Crippen LogP contribution in [0.4, 0.5) is 13.2 Å². The Morgan fingerprint density at radius 1 is 1.12 bits per heavy atom. The maximum absolute atomic E-state index is 14.0. The summed E-state index contributed by atoms with van der Waals surface area (Å²) in [6.45, 7) is 1.51. The maximum atomic E-state index is 14.0. The highest BCUT2D eigenvalue weighted by atomic mass is 32.2. The Kier molecular flexibility index (Phi) is 7.11. The minimum absolute atomic E-state index is 0.00933. The molecule has 0 fully saturated rings. The smallest absolute Gasteiger partial charge is 0.437 e. The number of hydrogen-bond acceptors (Lipinski definition) is 7. The van der Waals surface area contributed by atoms with Crippen molar-refractivity contribution in [2.75, 3.05) is 12.9 Å². The molecule has 0 amide bonds. The van der Waals surface area contributed by atoms with Gasteiger partial charge in [0.1, 0.15) is 11.3 Å². The summed E-state index contributed by atoms with van der Waals surface area (Å²) in [5.74, 6) is -0.201. The monoisotopic (exact) mass is 483 g/mol. The molecule has 0 saturated carbocycles. The van der Waals surface area contributed by atoms with Gasteiger partial charge in [-0.3, -0.25) is 4.28 Å². The highest BCUT2D eigenvalue weighted by Crippen LogP contribution is 2.31. The lowest BCUT2D eigenvalue weighted by Gasteiger charge is -2.15. The lowest BCUT2D eigenvalue weighted by atomic mass is 9.94. The highest BCUT2D eigenvalue weighted by Gasteiger charge is 2.42. The molecule has 1 aromatic heterocycles. The van der Waals surface area contributed by atoms with Gasteiger partial charge in [0, 0.05) is 11.5 Å². The summed E-state index contributed by atoms with van der Waals surface area (Å²) in [4.78, 5) is 12.8. The summed E-state index contributed by atoms with van der Waals surface area (Å²) >= 11 is 0. The van der Waals surface area contributed by atoms with Crippen molar-refractivity contribution in [3.05, 3.63) is 75.6 Å². The zero-order chi connectivity index (χ0) is 24.2. The summed E-state index contributed by atoms with van der Waals surface area (Å²) in [7, 11) is -2.98. The first-order valence-corrected chi connectivity index (χ1v) is 11.4. The highest BCUT2D eigenvalue weighted by molar-refractivity contribution is 7.86. The number of alkyl halides is 3. The van der Waals surface area contributed by atoms with Crippen LogP contribution in [0.15, 0.2) is 62.9 Å². The lowest BCUT2D eigenvalue weighted by Crippen LogP contribution is -2.31. The number of ether oxygens (including phenoxy) is 1. The molecule has 0 bridgehead atoms. The first-order valence-electron chi connectivity index (χ1n) is 9.80. The normalized spacial score (nSPS) is 12.7. The van der Waals surface area contributed by atoms with E-state index >= 15 is 0 Å². The molecule has 1 heterocycles. The molecule has 2 aromatic carbocycles. The Hall–Kier alpha value is -3.34. The number of nitrogens with zero attached hydrogens (tertiary/aromatic N) is 1. The summed E-state index contributed by atoms with van der Waals surface area (Å²) < 4.78 is 80.1. The van der Waals surface area contributed by atoms with Crippen molar-refractivity contribution in [3.8, 4) is 5.75 Å². The molecule has 7 nitrogen and oxygen atoms in total. The largest absolute Gasteiger partial charge is 0.497 e. The van der Waals surface area contributed by atoms with Gasteiger partial charge in [-0.05, 0) is 36.1 Å². The fraction of sp³-hybridized carbons (Fsp3) is 0.273. The number of benzene rings is 2. The van der Waals surface area contributed by atoms with Crippen molar-refractivity contribution < 1.29 is 35.0 Å². The van der Waals surface area contributed by atoms with Gasteiger partial charge in [0.15, 0.2) is 5.71 Å². The van der Waals surface area contributed by atoms with Crippen LogP contribution in [0.2, 0.25) is 0 Å². The van der Waals surface area contributed by atoms with Crippen molar-refractivity contribution in [2.24, 2.45) is 5.16 Å². The van der Waals surface area contributed by atoms with Crippen LogP contribution in [0.5, 0.6) is 5.75 Å². The predicted molar refractivity (Wildman–Crippen MR) is 116 cm³/mol. The van der Waals surface area contributed by atoms with Gasteiger partial charge in [-0.15, -0.1) is 0 Å². The van der Waals surface area contributed by atoms with Crippen molar-refractivity contribution in [1.82, 2.24) is 0 Å². The fourth-order valence-corrected chi connectivity index (χ4v) is 3.98. The number of halogens is 3. The van der Waals surface area contributed by atoms with E-state index in [1.165, 1.54) is 32.2 Å². The van der Waals surface area contributed by atoms with E-state index in [1.807, 2.05) is 0 Å². The Morgan fingerprint density at radius 2 is 1.82 bits per heavy atom.